The van der Waals surface area contributed by atoms with Gasteiger partial charge in [0.05, 0.1) is 6.61 Å². The molecule has 0 fully saturated rings. The highest BCUT2D eigenvalue weighted by molar-refractivity contribution is 5.39. The van der Waals surface area contributed by atoms with Crippen molar-refractivity contribution in [2.24, 2.45) is 0 Å². The summed E-state index contributed by atoms with van der Waals surface area (Å²) in [5.41, 5.74) is 0. The van der Waals surface area contributed by atoms with Gasteiger partial charge in [0.1, 0.15) is 19.3 Å². The third kappa shape index (κ3) is 3.92. The lowest BCUT2D eigenvalue weighted by molar-refractivity contribution is 0.0526. The van der Waals surface area contributed by atoms with Gasteiger partial charge in [0.2, 0.25) is 0 Å². The summed E-state index contributed by atoms with van der Waals surface area (Å²) < 4.78 is 10.7. The van der Waals surface area contributed by atoms with E-state index in [1.165, 1.54) is 0 Å². The Morgan fingerprint density at radius 3 is 2.44 bits per heavy atom. The molecule has 16 heavy (non-hydrogen) atoms. The monoisotopic (exact) mass is 224 g/mol. The summed E-state index contributed by atoms with van der Waals surface area (Å²) in [4.78, 5) is 0. The second-order valence-corrected chi connectivity index (χ2v) is 3.19. The number of hydrogen-bond donors (Lipinski definition) is 2. The van der Waals surface area contributed by atoms with Crippen molar-refractivity contribution in [2.45, 2.75) is 6.10 Å². The van der Waals surface area contributed by atoms with Crippen LogP contribution < -0.4 is 9.47 Å². The molecule has 0 aliphatic heterocycles. The fourth-order valence-electron chi connectivity index (χ4n) is 1.08. The fraction of sp³-hybridized carbons (Fsp3) is 0.333. The molecule has 0 heterocycles. The molecule has 0 amide bonds. The first kappa shape index (κ1) is 12.5. The molecule has 1 aromatic carbocycles. The summed E-state index contributed by atoms with van der Waals surface area (Å²) in [6.07, 6.45) is 0.756. The van der Waals surface area contributed by atoms with E-state index in [1.807, 2.05) is 6.07 Å². The SMILES string of the molecule is C=CCOc1ccccc1OCC(O)CO. The van der Waals surface area contributed by atoms with Crippen LogP contribution in [0, 0.1) is 0 Å². The van der Waals surface area contributed by atoms with Gasteiger partial charge < -0.3 is 19.7 Å². The Kier molecular flexibility index (Phi) is 5.39. The lowest BCUT2D eigenvalue weighted by atomic mass is 10.3. The second-order valence-electron chi connectivity index (χ2n) is 3.19. The molecule has 0 bridgehead atoms. The molecule has 0 aliphatic carbocycles. The molecule has 0 saturated heterocycles. The van der Waals surface area contributed by atoms with Gasteiger partial charge in [-0.3, -0.25) is 0 Å². The van der Waals surface area contributed by atoms with Crippen LogP contribution in [-0.2, 0) is 0 Å². The highest BCUT2D eigenvalue weighted by Crippen LogP contribution is 2.26. The van der Waals surface area contributed by atoms with Gasteiger partial charge >= 0.3 is 0 Å². The zero-order chi connectivity index (χ0) is 11.8. The van der Waals surface area contributed by atoms with E-state index in [9.17, 15) is 0 Å². The fourth-order valence-corrected chi connectivity index (χ4v) is 1.08. The molecule has 4 nitrogen and oxygen atoms in total. The third-order valence-electron chi connectivity index (χ3n) is 1.85. The minimum atomic E-state index is -0.882. The minimum Gasteiger partial charge on any atom is -0.487 e. The van der Waals surface area contributed by atoms with Crippen LogP contribution in [0.1, 0.15) is 0 Å². The van der Waals surface area contributed by atoms with Crippen molar-refractivity contribution in [3.8, 4) is 11.5 Å². The predicted octanol–water partition coefficient (Wildman–Crippen LogP) is 0.983. The molecule has 4 heteroatoms. The van der Waals surface area contributed by atoms with Crippen molar-refractivity contribution in [3.63, 3.8) is 0 Å². The lowest BCUT2D eigenvalue weighted by Gasteiger charge is -2.13. The van der Waals surface area contributed by atoms with E-state index in [4.69, 9.17) is 19.7 Å². The molecule has 0 radical (unpaired) electrons. The van der Waals surface area contributed by atoms with Gasteiger partial charge in [-0.25, -0.2) is 0 Å². The second kappa shape index (κ2) is 6.87. The van der Waals surface area contributed by atoms with Crippen LogP contribution in [0.15, 0.2) is 36.9 Å². The molecule has 0 aromatic heterocycles. The number of para-hydroxylation sites is 2. The number of aliphatic hydroxyl groups is 2. The van der Waals surface area contributed by atoms with Crippen LogP contribution in [0.2, 0.25) is 0 Å². The minimum absolute atomic E-state index is 0.0327. The van der Waals surface area contributed by atoms with Gasteiger partial charge in [0.25, 0.3) is 0 Å². The van der Waals surface area contributed by atoms with Gasteiger partial charge in [0, 0.05) is 0 Å². The van der Waals surface area contributed by atoms with Gasteiger partial charge in [-0.1, -0.05) is 24.8 Å². The van der Waals surface area contributed by atoms with Crippen molar-refractivity contribution in [1.82, 2.24) is 0 Å². The van der Waals surface area contributed by atoms with E-state index < -0.39 is 6.10 Å². The number of rotatable bonds is 7. The van der Waals surface area contributed by atoms with E-state index in [0.29, 0.717) is 18.1 Å². The standard InChI is InChI=1S/C12H16O4/c1-2-7-15-11-5-3-4-6-12(11)16-9-10(14)8-13/h2-6,10,13-14H,1,7-9H2. The molecule has 0 spiro atoms. The van der Waals surface area contributed by atoms with Crippen LogP contribution in [0.25, 0.3) is 0 Å². The molecule has 2 N–H and O–H groups in total. The maximum Gasteiger partial charge on any atom is 0.161 e. The Labute approximate surface area is 94.7 Å². The molecule has 1 atom stereocenters. The van der Waals surface area contributed by atoms with E-state index in [0.717, 1.165) is 0 Å². The highest BCUT2D eigenvalue weighted by Gasteiger charge is 2.07. The Bertz CT molecular complexity index is 325. The van der Waals surface area contributed by atoms with E-state index >= 15 is 0 Å². The van der Waals surface area contributed by atoms with E-state index in [-0.39, 0.29) is 13.2 Å². The molecular formula is C12H16O4. The summed E-state index contributed by atoms with van der Waals surface area (Å²) >= 11 is 0. The number of benzene rings is 1. The number of ether oxygens (including phenoxy) is 2. The third-order valence-corrected chi connectivity index (χ3v) is 1.85. The molecule has 1 aromatic rings. The topological polar surface area (TPSA) is 58.9 Å². The van der Waals surface area contributed by atoms with E-state index in [1.54, 1.807) is 24.3 Å². The van der Waals surface area contributed by atoms with Gasteiger partial charge in [-0.2, -0.15) is 0 Å². The van der Waals surface area contributed by atoms with Gasteiger partial charge in [0.15, 0.2) is 11.5 Å². The van der Waals surface area contributed by atoms with Gasteiger partial charge in [-0.15, -0.1) is 0 Å². The molecular weight excluding hydrogens is 208 g/mol. The number of aliphatic hydroxyl groups excluding tert-OH is 2. The summed E-state index contributed by atoms with van der Waals surface area (Å²) in [6, 6.07) is 7.14. The quantitative estimate of drug-likeness (QED) is 0.678. The summed E-state index contributed by atoms with van der Waals surface area (Å²) in [7, 11) is 0. The zero-order valence-electron chi connectivity index (χ0n) is 9.00. The predicted molar refractivity (Wildman–Crippen MR) is 60.7 cm³/mol. The Morgan fingerprint density at radius 1 is 1.25 bits per heavy atom. The maximum absolute atomic E-state index is 9.15. The summed E-state index contributed by atoms with van der Waals surface area (Å²) in [6.45, 7) is 3.65. The Morgan fingerprint density at radius 2 is 1.88 bits per heavy atom. The first-order chi connectivity index (χ1) is 7.77. The highest BCUT2D eigenvalue weighted by atomic mass is 16.5. The average Bonchev–Trinajstić information content (AvgIpc) is 2.34. The van der Waals surface area contributed by atoms with Crippen LogP contribution in [-0.4, -0.2) is 36.1 Å². The Hall–Kier alpha value is -1.52. The van der Waals surface area contributed by atoms with Crippen molar-refractivity contribution in [1.29, 1.82) is 0 Å². The van der Waals surface area contributed by atoms with Gasteiger partial charge in [-0.05, 0) is 12.1 Å². The molecule has 1 rings (SSSR count). The molecule has 0 aliphatic rings. The zero-order valence-corrected chi connectivity index (χ0v) is 9.00. The largest absolute Gasteiger partial charge is 0.487 e. The smallest absolute Gasteiger partial charge is 0.161 e. The summed E-state index contributed by atoms with van der Waals surface area (Å²) in [5, 5.41) is 17.8. The lowest BCUT2D eigenvalue weighted by Crippen LogP contribution is -2.21. The molecule has 88 valence electrons. The van der Waals surface area contributed by atoms with Crippen LogP contribution in [0.4, 0.5) is 0 Å². The van der Waals surface area contributed by atoms with Crippen molar-refractivity contribution < 1.29 is 19.7 Å². The van der Waals surface area contributed by atoms with Crippen molar-refractivity contribution in [2.75, 3.05) is 19.8 Å². The first-order valence-electron chi connectivity index (χ1n) is 5.02. The normalized spacial score (nSPS) is 11.9. The van der Waals surface area contributed by atoms with Crippen molar-refractivity contribution in [3.05, 3.63) is 36.9 Å². The van der Waals surface area contributed by atoms with Crippen LogP contribution >= 0.6 is 0 Å². The average molecular weight is 224 g/mol. The van der Waals surface area contributed by atoms with Crippen molar-refractivity contribution >= 4 is 0 Å². The first-order valence-corrected chi connectivity index (χ1v) is 5.02. The molecule has 1 unspecified atom stereocenters. The molecule has 0 saturated carbocycles. The van der Waals surface area contributed by atoms with Crippen LogP contribution in [0.3, 0.4) is 0 Å². The van der Waals surface area contributed by atoms with Crippen LogP contribution in [0.5, 0.6) is 11.5 Å². The van der Waals surface area contributed by atoms with E-state index in [2.05, 4.69) is 6.58 Å². The number of hydrogen-bond acceptors (Lipinski definition) is 4. The Balaban J connectivity index is 2.59. The maximum atomic E-state index is 9.15. The summed E-state index contributed by atoms with van der Waals surface area (Å²) in [5.74, 6) is 1.13.